The third-order valence-corrected chi connectivity index (χ3v) is 4.19. The molecule has 0 unspecified atom stereocenters. The van der Waals surface area contributed by atoms with Gasteiger partial charge in [0.2, 0.25) is 4.77 Å². The normalized spacial score (nSPS) is 10.5. The number of aromatic amines is 1. The molecule has 0 fully saturated rings. The van der Waals surface area contributed by atoms with Crippen molar-refractivity contribution in [2.24, 2.45) is 0 Å². The number of aromatic nitrogens is 3. The fourth-order valence-corrected chi connectivity index (χ4v) is 2.69. The minimum atomic E-state index is 0.416. The van der Waals surface area contributed by atoms with Crippen molar-refractivity contribution in [3.8, 4) is 11.5 Å². The summed E-state index contributed by atoms with van der Waals surface area (Å²) in [6, 6.07) is 13.4. The van der Waals surface area contributed by atoms with E-state index in [1.165, 1.54) is 0 Å². The van der Waals surface area contributed by atoms with Gasteiger partial charge in [-0.05, 0) is 42.9 Å². The molecule has 0 saturated heterocycles. The van der Waals surface area contributed by atoms with E-state index in [-0.39, 0.29) is 0 Å². The molecule has 0 radical (unpaired) electrons. The molecule has 8 heteroatoms. The van der Waals surface area contributed by atoms with Gasteiger partial charge in [0.1, 0.15) is 12.9 Å². The molecule has 2 N–H and O–H groups in total. The summed E-state index contributed by atoms with van der Waals surface area (Å²) in [5.74, 6) is 1.41. The van der Waals surface area contributed by atoms with Crippen LogP contribution in [0.4, 0.5) is 0 Å². The Morgan fingerprint density at radius 2 is 2.00 bits per heavy atom. The molecule has 0 spiro atoms. The van der Waals surface area contributed by atoms with Crippen molar-refractivity contribution in [3.05, 3.63) is 69.7 Å². The summed E-state index contributed by atoms with van der Waals surface area (Å²) in [5, 5.41) is 7.29. The molecular weight excluding hydrogens is 372 g/mol. The number of benzene rings is 2. The molecule has 0 aliphatic rings. The Bertz CT molecular complexity index is 908. The molecule has 26 heavy (non-hydrogen) atoms. The van der Waals surface area contributed by atoms with E-state index in [0.29, 0.717) is 41.1 Å². The topological polar surface area (TPSA) is 64.1 Å². The first-order valence-corrected chi connectivity index (χ1v) is 8.94. The third-order valence-electron chi connectivity index (χ3n) is 3.65. The molecule has 136 valence electrons. The van der Waals surface area contributed by atoms with Gasteiger partial charge in [-0.3, -0.25) is 5.10 Å². The number of rotatable bonds is 8. The summed E-state index contributed by atoms with van der Waals surface area (Å²) >= 11 is 11.1. The minimum absolute atomic E-state index is 0.416. The highest BCUT2D eigenvalue weighted by atomic mass is 35.5. The van der Waals surface area contributed by atoms with Gasteiger partial charge < -0.3 is 14.9 Å². The van der Waals surface area contributed by atoms with E-state index < -0.39 is 0 Å². The molecule has 0 aliphatic carbocycles. The smallest absolute Gasteiger partial charge is 0.214 e. The molecule has 0 bridgehead atoms. The van der Waals surface area contributed by atoms with Crippen molar-refractivity contribution in [2.75, 3.05) is 12.0 Å². The Hall–Kier alpha value is -2.51. The Morgan fingerprint density at radius 3 is 2.69 bits per heavy atom. The van der Waals surface area contributed by atoms with Gasteiger partial charge in [-0.25, -0.2) is 4.68 Å². The van der Waals surface area contributed by atoms with Crippen LogP contribution < -0.4 is 14.9 Å². The number of para-hydroxylation sites is 1. The highest BCUT2D eigenvalue weighted by Gasteiger charge is 2.12. The second-order valence-electron chi connectivity index (χ2n) is 5.46. The van der Waals surface area contributed by atoms with Gasteiger partial charge in [0.25, 0.3) is 0 Å². The summed E-state index contributed by atoms with van der Waals surface area (Å²) in [6.07, 6.45) is 1.59. The molecule has 2 aromatic carbocycles. The molecule has 3 aromatic rings. The van der Waals surface area contributed by atoms with Crippen molar-refractivity contribution in [1.82, 2.24) is 14.9 Å². The summed E-state index contributed by atoms with van der Waals surface area (Å²) in [5.41, 5.74) is 5.17. The van der Waals surface area contributed by atoms with Gasteiger partial charge in [0, 0.05) is 10.6 Å². The van der Waals surface area contributed by atoms with Gasteiger partial charge in [-0.2, -0.15) is 5.10 Å². The van der Waals surface area contributed by atoms with Crippen LogP contribution in [0.1, 0.15) is 18.1 Å². The predicted molar refractivity (Wildman–Crippen MR) is 104 cm³/mol. The lowest BCUT2D eigenvalue weighted by Gasteiger charge is -2.17. The number of nitrogens with one attached hydrogen (secondary N) is 2. The number of halogens is 1. The van der Waals surface area contributed by atoms with Crippen LogP contribution in [0, 0.1) is 4.77 Å². The van der Waals surface area contributed by atoms with Gasteiger partial charge in [-0.1, -0.05) is 35.9 Å². The average Bonchev–Trinajstić information content (AvgIpc) is 3.05. The highest BCUT2D eigenvalue weighted by molar-refractivity contribution is 7.71. The number of nitrogens with zero attached hydrogens (tertiary/aromatic N) is 2. The summed E-state index contributed by atoms with van der Waals surface area (Å²) in [4.78, 5) is 0. The standard InChI is InChI=1S/C18H19ClN4O2S/c1-2-24-16-5-3-4-14(10-21-23-12-20-22-18(23)26)17(16)25-11-13-6-8-15(19)9-7-13/h3-9,12,21H,2,10-11H2,1H3,(H,22,26). The van der Waals surface area contributed by atoms with Crippen LogP contribution in [0.3, 0.4) is 0 Å². The lowest BCUT2D eigenvalue weighted by molar-refractivity contribution is 0.267. The molecular formula is C18H19ClN4O2S. The maximum Gasteiger partial charge on any atom is 0.214 e. The zero-order valence-corrected chi connectivity index (χ0v) is 15.8. The van der Waals surface area contributed by atoms with Crippen LogP contribution in [-0.4, -0.2) is 21.5 Å². The highest BCUT2D eigenvalue weighted by Crippen LogP contribution is 2.32. The second-order valence-corrected chi connectivity index (χ2v) is 6.28. The van der Waals surface area contributed by atoms with Crippen molar-refractivity contribution >= 4 is 23.8 Å². The molecule has 6 nitrogen and oxygen atoms in total. The maximum absolute atomic E-state index is 6.08. The van der Waals surface area contributed by atoms with Gasteiger partial charge in [-0.15, -0.1) is 0 Å². The summed E-state index contributed by atoms with van der Waals surface area (Å²) in [6.45, 7) is 3.42. The SMILES string of the molecule is CCOc1cccc(CNn2cn[nH]c2=S)c1OCc1ccc(Cl)cc1. The largest absolute Gasteiger partial charge is 0.490 e. The first kappa shape index (κ1) is 18.3. The van der Waals surface area contributed by atoms with Gasteiger partial charge in [0.05, 0.1) is 13.2 Å². The van der Waals surface area contributed by atoms with E-state index in [1.807, 2.05) is 49.4 Å². The summed E-state index contributed by atoms with van der Waals surface area (Å²) < 4.78 is 13.9. The zero-order chi connectivity index (χ0) is 18.4. The first-order chi connectivity index (χ1) is 12.7. The first-order valence-electron chi connectivity index (χ1n) is 8.15. The number of hydrogen-bond acceptors (Lipinski definition) is 5. The van der Waals surface area contributed by atoms with Crippen LogP contribution >= 0.6 is 23.8 Å². The summed E-state index contributed by atoms with van der Waals surface area (Å²) in [7, 11) is 0. The van der Waals surface area contributed by atoms with Crippen LogP contribution in [-0.2, 0) is 13.2 Å². The zero-order valence-electron chi connectivity index (χ0n) is 14.2. The van der Waals surface area contributed by atoms with Crippen LogP contribution in [0.5, 0.6) is 11.5 Å². The quantitative estimate of drug-likeness (QED) is 0.561. The number of hydrogen-bond donors (Lipinski definition) is 2. The Balaban J connectivity index is 1.79. The van der Waals surface area contributed by atoms with Gasteiger partial charge in [0.15, 0.2) is 11.5 Å². The van der Waals surface area contributed by atoms with Crippen LogP contribution in [0.15, 0.2) is 48.8 Å². The van der Waals surface area contributed by atoms with Crippen molar-refractivity contribution in [1.29, 1.82) is 0 Å². The van der Waals surface area contributed by atoms with Gasteiger partial charge >= 0.3 is 0 Å². The minimum Gasteiger partial charge on any atom is -0.490 e. The molecule has 0 atom stereocenters. The predicted octanol–water partition coefficient (Wildman–Crippen LogP) is 4.32. The average molecular weight is 391 g/mol. The maximum atomic E-state index is 6.08. The molecule has 1 aromatic heterocycles. The Labute approximate surface area is 161 Å². The Morgan fingerprint density at radius 1 is 1.19 bits per heavy atom. The van der Waals surface area contributed by atoms with E-state index in [1.54, 1.807) is 11.0 Å². The number of H-pyrrole nitrogens is 1. The lowest BCUT2D eigenvalue weighted by atomic mass is 10.2. The fourth-order valence-electron chi connectivity index (χ4n) is 2.40. The van der Waals surface area contributed by atoms with Crippen molar-refractivity contribution in [2.45, 2.75) is 20.1 Å². The van der Waals surface area contributed by atoms with E-state index >= 15 is 0 Å². The van der Waals surface area contributed by atoms with Crippen molar-refractivity contribution < 1.29 is 9.47 Å². The second kappa shape index (κ2) is 8.73. The molecule has 0 amide bonds. The monoisotopic (exact) mass is 390 g/mol. The van der Waals surface area contributed by atoms with E-state index in [9.17, 15) is 0 Å². The van der Waals surface area contributed by atoms with E-state index in [0.717, 1.165) is 11.1 Å². The van der Waals surface area contributed by atoms with Crippen molar-refractivity contribution in [3.63, 3.8) is 0 Å². The molecule has 1 heterocycles. The lowest BCUT2D eigenvalue weighted by Crippen LogP contribution is -2.14. The fraction of sp³-hybridized carbons (Fsp3) is 0.222. The van der Waals surface area contributed by atoms with Crippen LogP contribution in [0.2, 0.25) is 5.02 Å². The molecule has 0 saturated carbocycles. The Kier molecular flexibility index (Phi) is 6.14. The molecule has 3 rings (SSSR count). The van der Waals surface area contributed by atoms with E-state index in [4.69, 9.17) is 33.3 Å². The van der Waals surface area contributed by atoms with E-state index in [2.05, 4.69) is 15.6 Å². The van der Waals surface area contributed by atoms with Crippen LogP contribution in [0.25, 0.3) is 0 Å². The molecule has 0 aliphatic heterocycles. The number of ether oxygens (including phenoxy) is 2. The third kappa shape index (κ3) is 4.56.